The van der Waals surface area contributed by atoms with Gasteiger partial charge in [0.05, 0.1) is 25.7 Å². The number of aliphatic hydroxyl groups excluding tert-OH is 2. The van der Waals surface area contributed by atoms with E-state index in [1.165, 1.54) is 36.0 Å². The lowest BCUT2D eigenvalue weighted by atomic mass is 9.96. The summed E-state index contributed by atoms with van der Waals surface area (Å²) in [6.07, 6.45) is 0.837. The molecule has 1 aromatic rings. The summed E-state index contributed by atoms with van der Waals surface area (Å²) in [5.74, 6) is -13.6. The van der Waals surface area contributed by atoms with Crippen LogP contribution in [0.2, 0.25) is 0 Å². The first kappa shape index (κ1) is 65.4. The number of thioether (sulfide) groups is 1. The van der Waals surface area contributed by atoms with Gasteiger partial charge in [-0.3, -0.25) is 47.9 Å². The molecule has 0 aliphatic heterocycles. The van der Waals surface area contributed by atoms with Gasteiger partial charge in [-0.25, -0.2) is 4.79 Å². The van der Waals surface area contributed by atoms with E-state index in [-0.39, 0.29) is 37.9 Å². The van der Waals surface area contributed by atoms with E-state index in [9.17, 15) is 78.3 Å². The molecule has 0 aromatic heterocycles. The van der Waals surface area contributed by atoms with Gasteiger partial charge in [-0.05, 0) is 80.2 Å². The number of nitrogens with two attached hydrogens (primary N) is 2. The van der Waals surface area contributed by atoms with E-state index >= 15 is 0 Å². The second kappa shape index (κ2) is 34.0. The molecule has 0 heterocycles. The number of phenolic OH excluding ortho intramolecular Hbond substituents is 1. The number of carbonyl (C=O) groups is 11. The van der Waals surface area contributed by atoms with Crippen molar-refractivity contribution in [1.82, 2.24) is 42.5 Å². The molecule has 0 spiro atoms. The average Bonchev–Trinajstić information content (AvgIpc) is 3.34. The highest BCUT2D eigenvalue weighted by Crippen LogP contribution is 2.15. The Balaban J connectivity index is 3.39. The molecule has 0 saturated carbocycles. The summed E-state index contributed by atoms with van der Waals surface area (Å²) in [5, 5.41) is 77.2. The average molecular weight is 1070 g/mol. The van der Waals surface area contributed by atoms with Crippen LogP contribution >= 0.6 is 11.8 Å². The summed E-state index contributed by atoms with van der Waals surface area (Å²) in [4.78, 5) is 143. The lowest BCUT2D eigenvalue weighted by Gasteiger charge is -2.30. The zero-order valence-electron chi connectivity index (χ0n) is 42.1. The SMILES string of the molecule is CC[C@H](C)[C@H](NC(=O)[C@H](CC(=O)O)NC(=O)[C@H](CO)NC(=O)[C@H](CO)NC(=O)[C@H](CCSC)NC(=O)[C@@H](N)CCC(=O)O)C(=O)N[C@@H](Cc1ccc(O)cc1)C(=O)N[C@H](C(=O)N[C@@H](CCCCN)C(=O)O)C(C)C. The third-order valence-corrected chi connectivity index (χ3v) is 12.1. The Labute approximate surface area is 432 Å². The Morgan fingerprint density at radius 2 is 1.04 bits per heavy atom. The number of nitrogens with one attached hydrogen (secondary N) is 8. The topological polar surface area (TPSA) is 457 Å². The molecule has 0 saturated heterocycles. The maximum Gasteiger partial charge on any atom is 0.326 e. The maximum atomic E-state index is 14.2. The summed E-state index contributed by atoms with van der Waals surface area (Å²) in [5.41, 5.74) is 11.7. The van der Waals surface area contributed by atoms with Crippen molar-refractivity contribution in [2.24, 2.45) is 23.3 Å². The van der Waals surface area contributed by atoms with Crippen molar-refractivity contribution in [3.05, 3.63) is 29.8 Å². The van der Waals surface area contributed by atoms with E-state index < -0.39 is 157 Å². The molecule has 1 aromatic carbocycles. The molecular weight excluding hydrogens is 997 g/mol. The molecule has 74 heavy (non-hydrogen) atoms. The Morgan fingerprint density at radius 1 is 0.568 bits per heavy atom. The number of carbonyl (C=O) groups excluding carboxylic acids is 8. The molecule has 10 atom stereocenters. The molecule has 0 bridgehead atoms. The molecule has 27 nitrogen and oxygen atoms in total. The van der Waals surface area contributed by atoms with Gasteiger partial charge in [-0.2, -0.15) is 11.8 Å². The van der Waals surface area contributed by atoms with E-state index in [4.69, 9.17) is 16.6 Å². The largest absolute Gasteiger partial charge is 0.508 e. The molecule has 18 N–H and O–H groups in total. The molecule has 0 unspecified atom stereocenters. The second-order valence-electron chi connectivity index (χ2n) is 17.7. The molecule has 0 aliphatic rings. The number of aliphatic hydroxyl groups is 2. The summed E-state index contributed by atoms with van der Waals surface area (Å²) in [6, 6.07) is -8.42. The monoisotopic (exact) mass is 1070 g/mol. The summed E-state index contributed by atoms with van der Waals surface area (Å²) >= 11 is 1.30. The van der Waals surface area contributed by atoms with Crippen LogP contribution < -0.4 is 54.0 Å². The fourth-order valence-corrected chi connectivity index (χ4v) is 7.35. The Morgan fingerprint density at radius 3 is 1.53 bits per heavy atom. The van der Waals surface area contributed by atoms with Crippen molar-refractivity contribution >= 4 is 76.9 Å². The summed E-state index contributed by atoms with van der Waals surface area (Å²) in [7, 11) is 0. The minimum absolute atomic E-state index is 0.00160. The Kier molecular flexibility index (Phi) is 30.0. The second-order valence-corrected chi connectivity index (χ2v) is 18.7. The predicted octanol–water partition coefficient (Wildman–Crippen LogP) is -3.87. The molecule has 8 amide bonds. The van der Waals surface area contributed by atoms with Gasteiger partial charge in [0.1, 0.15) is 54.1 Å². The van der Waals surface area contributed by atoms with Gasteiger partial charge in [0, 0.05) is 12.8 Å². The molecule has 0 aliphatic carbocycles. The zero-order valence-corrected chi connectivity index (χ0v) is 42.9. The van der Waals surface area contributed by atoms with Crippen LogP contribution in [0.1, 0.15) is 84.6 Å². The van der Waals surface area contributed by atoms with Gasteiger partial charge in [-0.15, -0.1) is 0 Å². The number of aromatic hydroxyl groups is 1. The van der Waals surface area contributed by atoms with Gasteiger partial charge >= 0.3 is 17.9 Å². The third kappa shape index (κ3) is 23.5. The molecule has 0 fully saturated rings. The third-order valence-electron chi connectivity index (χ3n) is 11.5. The van der Waals surface area contributed by atoms with Crippen molar-refractivity contribution in [1.29, 1.82) is 0 Å². The Bertz CT molecular complexity index is 2070. The summed E-state index contributed by atoms with van der Waals surface area (Å²) < 4.78 is 0. The van der Waals surface area contributed by atoms with Crippen LogP contribution in [0.15, 0.2) is 24.3 Å². The molecular formula is C46H74N10O17S. The van der Waals surface area contributed by atoms with Crippen LogP contribution in [0.25, 0.3) is 0 Å². The van der Waals surface area contributed by atoms with Gasteiger partial charge in [-0.1, -0.05) is 46.2 Å². The van der Waals surface area contributed by atoms with Crippen LogP contribution in [-0.4, -0.2) is 182 Å². The van der Waals surface area contributed by atoms with Crippen LogP contribution in [0.3, 0.4) is 0 Å². The fraction of sp³-hybridized carbons (Fsp3) is 0.630. The maximum absolute atomic E-state index is 14.2. The lowest BCUT2D eigenvalue weighted by Crippen LogP contribution is -2.62. The van der Waals surface area contributed by atoms with E-state index in [1.54, 1.807) is 34.0 Å². The Hall–Kier alpha value is -6.62. The quantitative estimate of drug-likeness (QED) is 0.0286. The highest BCUT2D eigenvalue weighted by molar-refractivity contribution is 7.98. The number of carboxylic acids is 3. The lowest BCUT2D eigenvalue weighted by molar-refractivity contribution is -0.143. The van der Waals surface area contributed by atoms with Crippen LogP contribution in [0.5, 0.6) is 5.75 Å². The number of rotatable bonds is 36. The molecule has 416 valence electrons. The van der Waals surface area contributed by atoms with Gasteiger partial charge in [0.25, 0.3) is 0 Å². The van der Waals surface area contributed by atoms with Gasteiger partial charge in [0.2, 0.25) is 47.3 Å². The minimum Gasteiger partial charge on any atom is -0.508 e. The molecule has 0 radical (unpaired) electrons. The van der Waals surface area contributed by atoms with E-state index in [0.717, 1.165) is 0 Å². The first-order chi connectivity index (χ1) is 34.8. The van der Waals surface area contributed by atoms with E-state index in [1.807, 2.05) is 0 Å². The van der Waals surface area contributed by atoms with Crippen LogP contribution in [0, 0.1) is 11.8 Å². The number of amides is 8. The first-order valence-corrected chi connectivity index (χ1v) is 25.3. The number of phenols is 1. The standard InChI is InChI=1S/C46H74N10O17S/c1-6-24(4)37(45(71)52-30(19-25-10-12-26(59)13-11-25)40(66)55-36(23(2)3)44(70)50-29(46(72)73)9-7-8-17-47)56-41(67)31(20-35(62)63)51-42(68)32(21-57)54-43(69)33(22-58)53-39(65)28(16-18-74-5)49-38(64)27(48)14-15-34(60)61/h10-13,23-24,27-33,36-37,57-59H,6-9,14-22,47-48H2,1-5H3,(H,49,64)(H,50,70)(H,51,68)(H,52,71)(H,53,65)(H,54,69)(H,55,66)(H,56,67)(H,60,61)(H,62,63)(H,72,73)/t24-,27-,28-,29-,30-,31-,32-,33-,36-,37-/m0/s1. The van der Waals surface area contributed by atoms with Gasteiger partial charge < -0.3 is 84.6 Å². The predicted molar refractivity (Wildman–Crippen MR) is 266 cm³/mol. The minimum atomic E-state index is -1.98. The van der Waals surface area contributed by atoms with Crippen molar-refractivity contribution in [3.8, 4) is 5.75 Å². The van der Waals surface area contributed by atoms with Crippen molar-refractivity contribution in [2.45, 2.75) is 140 Å². The highest BCUT2D eigenvalue weighted by atomic mass is 32.2. The number of benzene rings is 1. The van der Waals surface area contributed by atoms with E-state index in [2.05, 4.69) is 42.5 Å². The smallest absolute Gasteiger partial charge is 0.326 e. The normalized spacial score (nSPS) is 15.2. The van der Waals surface area contributed by atoms with Crippen molar-refractivity contribution in [3.63, 3.8) is 0 Å². The fourth-order valence-electron chi connectivity index (χ4n) is 6.88. The van der Waals surface area contributed by atoms with Crippen molar-refractivity contribution in [2.75, 3.05) is 31.8 Å². The molecule has 28 heteroatoms. The van der Waals surface area contributed by atoms with Gasteiger partial charge in [0.15, 0.2) is 0 Å². The number of hydrogen-bond donors (Lipinski definition) is 16. The van der Waals surface area contributed by atoms with Crippen LogP contribution in [0.4, 0.5) is 0 Å². The van der Waals surface area contributed by atoms with E-state index in [0.29, 0.717) is 30.7 Å². The summed E-state index contributed by atoms with van der Waals surface area (Å²) in [6.45, 7) is 4.44. The first-order valence-electron chi connectivity index (χ1n) is 23.9. The molecule has 1 rings (SSSR count). The number of carboxylic acid groups (broad SMARTS) is 3. The zero-order chi connectivity index (χ0) is 56.2. The number of unbranched alkanes of at least 4 members (excludes halogenated alkanes) is 1. The number of aliphatic carboxylic acids is 3. The van der Waals surface area contributed by atoms with Crippen molar-refractivity contribution < 1.29 is 83.4 Å². The van der Waals surface area contributed by atoms with Crippen LogP contribution in [-0.2, 0) is 59.2 Å². The highest BCUT2D eigenvalue weighted by Gasteiger charge is 2.37. The number of hydrogen-bond acceptors (Lipinski definition) is 17.